The molecule has 0 aliphatic heterocycles. The van der Waals surface area contributed by atoms with Gasteiger partial charge < -0.3 is 15.5 Å². The molecule has 1 aromatic rings. The third-order valence-electron chi connectivity index (χ3n) is 2.81. The van der Waals surface area contributed by atoms with Crippen molar-refractivity contribution in [3.8, 4) is 0 Å². The first-order chi connectivity index (χ1) is 9.81. The van der Waals surface area contributed by atoms with Gasteiger partial charge in [-0.3, -0.25) is 4.79 Å². The van der Waals surface area contributed by atoms with Crippen LogP contribution in [0.1, 0.15) is 26.3 Å². The van der Waals surface area contributed by atoms with Gasteiger partial charge in [-0.1, -0.05) is 6.07 Å². The lowest BCUT2D eigenvalue weighted by atomic mass is 10.2. The molecule has 0 atom stereocenters. The smallest absolute Gasteiger partial charge is 0.315 e. The lowest BCUT2D eigenvalue weighted by molar-refractivity contribution is -0.116. The Bertz CT molecular complexity index is 518. The lowest BCUT2D eigenvalue weighted by Gasteiger charge is -2.23. The molecule has 1 aromatic carbocycles. The van der Waals surface area contributed by atoms with Crippen LogP contribution < -0.4 is 15.5 Å². The van der Waals surface area contributed by atoms with E-state index in [-0.39, 0.29) is 18.0 Å². The average Bonchev–Trinajstić information content (AvgIpc) is 2.34. The molecule has 0 aliphatic rings. The van der Waals surface area contributed by atoms with Gasteiger partial charge in [-0.15, -0.1) is 0 Å². The first-order valence-corrected chi connectivity index (χ1v) is 7.69. The molecule has 0 radical (unpaired) electrons. The number of nitrogens with one attached hydrogen (secondary N) is 2. The second-order valence-corrected chi connectivity index (χ2v) is 6.03. The van der Waals surface area contributed by atoms with Crippen LogP contribution in [0, 0.1) is 6.92 Å². The second-order valence-electron chi connectivity index (χ2n) is 5.18. The van der Waals surface area contributed by atoms with Crippen LogP contribution in [0.3, 0.4) is 0 Å². The van der Waals surface area contributed by atoms with E-state index in [1.165, 1.54) is 6.92 Å². The molecule has 1 rings (SSSR count). The number of benzene rings is 1. The first kappa shape index (κ1) is 17.5. The highest BCUT2D eigenvalue weighted by atomic mass is 79.9. The Morgan fingerprint density at radius 3 is 2.52 bits per heavy atom. The molecule has 6 heteroatoms. The molecule has 116 valence electrons. The molecule has 21 heavy (non-hydrogen) atoms. The maximum Gasteiger partial charge on any atom is 0.315 e. The lowest BCUT2D eigenvalue weighted by Crippen LogP contribution is -2.43. The number of amides is 3. The summed E-state index contributed by atoms with van der Waals surface area (Å²) in [5.41, 5.74) is 1.92. The molecule has 0 saturated heterocycles. The minimum Gasteiger partial charge on any atom is -0.336 e. The Morgan fingerprint density at radius 1 is 1.33 bits per heavy atom. The van der Waals surface area contributed by atoms with E-state index in [1.54, 1.807) is 4.90 Å². The van der Waals surface area contributed by atoms with Crippen molar-refractivity contribution in [2.45, 2.75) is 33.7 Å². The van der Waals surface area contributed by atoms with E-state index >= 15 is 0 Å². The van der Waals surface area contributed by atoms with E-state index in [9.17, 15) is 9.59 Å². The zero-order chi connectivity index (χ0) is 16.0. The van der Waals surface area contributed by atoms with Gasteiger partial charge in [0.2, 0.25) is 5.91 Å². The number of rotatable bonds is 5. The molecule has 0 fully saturated rings. The van der Waals surface area contributed by atoms with E-state index in [0.717, 1.165) is 15.7 Å². The zero-order valence-electron chi connectivity index (χ0n) is 12.9. The number of aryl methyl sites for hydroxylation is 1. The van der Waals surface area contributed by atoms with Crippen molar-refractivity contribution >= 4 is 33.6 Å². The topological polar surface area (TPSA) is 61.4 Å². The van der Waals surface area contributed by atoms with Crippen molar-refractivity contribution in [1.29, 1.82) is 0 Å². The van der Waals surface area contributed by atoms with Crippen LogP contribution in [-0.4, -0.2) is 31.1 Å². The van der Waals surface area contributed by atoms with E-state index in [0.29, 0.717) is 13.1 Å². The van der Waals surface area contributed by atoms with E-state index in [2.05, 4.69) is 26.6 Å². The number of carbonyl (C=O) groups excluding carboxylic acids is 2. The highest BCUT2D eigenvalue weighted by molar-refractivity contribution is 9.10. The van der Waals surface area contributed by atoms with Crippen LogP contribution in [0.15, 0.2) is 22.7 Å². The van der Waals surface area contributed by atoms with Gasteiger partial charge in [-0.05, 0) is 54.4 Å². The van der Waals surface area contributed by atoms with Gasteiger partial charge in [0.15, 0.2) is 0 Å². The number of halogens is 1. The predicted molar refractivity (Wildman–Crippen MR) is 88.6 cm³/mol. The number of hydrogen-bond donors (Lipinski definition) is 2. The second kappa shape index (κ2) is 8.02. The maximum absolute atomic E-state index is 11.8. The van der Waals surface area contributed by atoms with Gasteiger partial charge in [0.05, 0.1) is 5.69 Å². The van der Waals surface area contributed by atoms with Gasteiger partial charge in [-0.2, -0.15) is 0 Å². The number of carbonyl (C=O) groups is 2. The Labute approximate surface area is 134 Å². The van der Waals surface area contributed by atoms with Crippen LogP contribution in [0.25, 0.3) is 0 Å². The summed E-state index contributed by atoms with van der Waals surface area (Å²) in [5, 5.41) is 5.48. The number of urea groups is 1. The first-order valence-electron chi connectivity index (χ1n) is 6.90. The van der Waals surface area contributed by atoms with Crippen LogP contribution in [0.2, 0.25) is 0 Å². The minimum atomic E-state index is -0.225. The molecule has 3 amide bonds. The van der Waals surface area contributed by atoms with E-state index < -0.39 is 0 Å². The molecule has 0 aromatic heterocycles. The molecule has 2 N–H and O–H groups in total. The summed E-state index contributed by atoms with van der Waals surface area (Å²) in [4.78, 5) is 25.0. The van der Waals surface area contributed by atoms with Crippen molar-refractivity contribution in [2.75, 3.05) is 18.0 Å². The molecule has 0 heterocycles. The van der Waals surface area contributed by atoms with Crippen molar-refractivity contribution < 1.29 is 9.59 Å². The van der Waals surface area contributed by atoms with Gasteiger partial charge in [0.1, 0.15) is 0 Å². The molecule has 5 nitrogen and oxygen atoms in total. The molecular formula is C15H22BrN3O2. The Hall–Kier alpha value is -1.56. The summed E-state index contributed by atoms with van der Waals surface area (Å²) in [5.74, 6) is -0.0642. The summed E-state index contributed by atoms with van der Waals surface area (Å²) < 4.78 is 0.865. The van der Waals surface area contributed by atoms with Crippen LogP contribution in [-0.2, 0) is 4.79 Å². The summed E-state index contributed by atoms with van der Waals surface area (Å²) >= 11 is 3.48. The van der Waals surface area contributed by atoms with Crippen molar-refractivity contribution in [1.82, 2.24) is 10.6 Å². The summed E-state index contributed by atoms with van der Waals surface area (Å²) in [7, 11) is 0. The summed E-state index contributed by atoms with van der Waals surface area (Å²) in [6.07, 6.45) is 0. The third kappa shape index (κ3) is 5.75. The fourth-order valence-corrected chi connectivity index (χ4v) is 2.58. The van der Waals surface area contributed by atoms with Crippen molar-refractivity contribution in [3.05, 3.63) is 28.2 Å². The molecule has 0 spiro atoms. The minimum absolute atomic E-state index is 0.0642. The maximum atomic E-state index is 11.8. The summed E-state index contributed by atoms with van der Waals surface area (Å²) in [6, 6.07) is 5.67. The van der Waals surface area contributed by atoms with Gasteiger partial charge in [0, 0.05) is 30.5 Å². The zero-order valence-corrected chi connectivity index (χ0v) is 14.5. The number of anilines is 1. The van der Waals surface area contributed by atoms with E-state index in [1.807, 2.05) is 39.0 Å². The number of nitrogens with zero attached hydrogens (tertiary/aromatic N) is 1. The fraction of sp³-hybridized carbons (Fsp3) is 0.467. The van der Waals surface area contributed by atoms with Crippen LogP contribution in [0.5, 0.6) is 0 Å². The highest BCUT2D eigenvalue weighted by Gasteiger charge is 2.14. The quantitative estimate of drug-likeness (QED) is 0.852. The average molecular weight is 356 g/mol. The Morgan fingerprint density at radius 2 is 2.00 bits per heavy atom. The Balaban J connectivity index is 2.67. The SMILES string of the molecule is CC(=O)N(CCNC(=O)NC(C)C)c1ccc(C)cc1Br. The standard InChI is InChI=1S/C15H22BrN3O2/c1-10(2)18-15(21)17-7-8-19(12(4)20)14-6-5-11(3)9-13(14)16/h5-6,9-10H,7-8H2,1-4H3,(H2,17,18,21). The molecule has 0 unspecified atom stereocenters. The predicted octanol–water partition coefficient (Wildman–Crippen LogP) is 2.82. The molecule has 0 aliphatic carbocycles. The van der Waals surface area contributed by atoms with Gasteiger partial charge >= 0.3 is 6.03 Å². The largest absolute Gasteiger partial charge is 0.336 e. The third-order valence-corrected chi connectivity index (χ3v) is 3.45. The van der Waals surface area contributed by atoms with Crippen molar-refractivity contribution in [2.24, 2.45) is 0 Å². The summed E-state index contributed by atoms with van der Waals surface area (Å²) in [6.45, 7) is 8.10. The molecular weight excluding hydrogens is 334 g/mol. The Kier molecular flexibility index (Phi) is 6.68. The number of hydrogen-bond acceptors (Lipinski definition) is 2. The van der Waals surface area contributed by atoms with Gasteiger partial charge in [-0.25, -0.2) is 4.79 Å². The van der Waals surface area contributed by atoms with E-state index in [4.69, 9.17) is 0 Å². The molecule has 0 saturated carbocycles. The normalized spacial score (nSPS) is 10.4. The highest BCUT2D eigenvalue weighted by Crippen LogP contribution is 2.27. The van der Waals surface area contributed by atoms with Crippen LogP contribution >= 0.6 is 15.9 Å². The molecule has 0 bridgehead atoms. The van der Waals surface area contributed by atoms with Crippen LogP contribution in [0.4, 0.5) is 10.5 Å². The fourth-order valence-electron chi connectivity index (χ4n) is 1.87. The monoisotopic (exact) mass is 355 g/mol. The van der Waals surface area contributed by atoms with Crippen molar-refractivity contribution in [3.63, 3.8) is 0 Å². The van der Waals surface area contributed by atoms with Gasteiger partial charge in [0.25, 0.3) is 0 Å².